The Balaban J connectivity index is 2.03. The third-order valence-electron chi connectivity index (χ3n) is 6.68. The highest BCUT2D eigenvalue weighted by Crippen LogP contribution is 2.36. The summed E-state index contributed by atoms with van der Waals surface area (Å²) < 4.78 is 0. The van der Waals surface area contributed by atoms with Gasteiger partial charge in [0.15, 0.2) is 0 Å². The summed E-state index contributed by atoms with van der Waals surface area (Å²) in [5.74, 6) is 0. The van der Waals surface area contributed by atoms with Crippen molar-refractivity contribution in [3.63, 3.8) is 0 Å². The van der Waals surface area contributed by atoms with Gasteiger partial charge in [0.1, 0.15) is 5.65 Å². The van der Waals surface area contributed by atoms with Crippen LogP contribution >= 0.6 is 0 Å². The summed E-state index contributed by atoms with van der Waals surface area (Å²) >= 11 is 0. The predicted octanol–water partition coefficient (Wildman–Crippen LogP) is 7.74. The first-order chi connectivity index (χ1) is 17.5. The van der Waals surface area contributed by atoms with Crippen molar-refractivity contribution < 1.29 is 0 Å². The van der Waals surface area contributed by atoms with Gasteiger partial charge in [-0.1, -0.05) is 69.5 Å². The van der Waals surface area contributed by atoms with Crippen LogP contribution in [-0.4, -0.2) is 42.1 Å². The Labute approximate surface area is 218 Å². The smallest absolute Gasteiger partial charge is 0.138 e. The number of nitrogens with zero attached hydrogens (tertiary/aromatic N) is 2. The van der Waals surface area contributed by atoms with E-state index in [1.807, 2.05) is 6.20 Å². The molecule has 0 aliphatic rings. The number of allylic oxidation sites excluding steroid dienone is 2. The van der Waals surface area contributed by atoms with Gasteiger partial charge in [-0.05, 0) is 88.5 Å². The summed E-state index contributed by atoms with van der Waals surface area (Å²) in [6.45, 7) is 10.7. The van der Waals surface area contributed by atoms with Crippen LogP contribution in [0.15, 0.2) is 48.7 Å². The van der Waals surface area contributed by atoms with Crippen molar-refractivity contribution in [3.05, 3.63) is 76.6 Å². The van der Waals surface area contributed by atoms with Crippen LogP contribution < -0.4 is 5.32 Å². The van der Waals surface area contributed by atoms with E-state index < -0.39 is 0 Å². The highest BCUT2D eigenvalue weighted by atomic mass is 15.1. The van der Waals surface area contributed by atoms with Gasteiger partial charge in [-0.3, -0.25) is 0 Å². The molecule has 4 nitrogen and oxygen atoms in total. The quantitative estimate of drug-likeness (QED) is 0.229. The highest BCUT2D eigenvalue weighted by molar-refractivity contribution is 6.00. The molecule has 0 bridgehead atoms. The van der Waals surface area contributed by atoms with E-state index in [4.69, 9.17) is 4.98 Å². The molecular weight excluding hydrogens is 440 g/mol. The number of pyridine rings is 1. The van der Waals surface area contributed by atoms with Crippen molar-refractivity contribution in [1.29, 1.82) is 0 Å². The minimum Gasteiger partial charge on any atom is -0.384 e. The lowest BCUT2D eigenvalue weighted by atomic mass is 9.92. The molecule has 194 valence electrons. The van der Waals surface area contributed by atoms with Crippen molar-refractivity contribution in [3.8, 4) is 0 Å². The van der Waals surface area contributed by atoms with Gasteiger partial charge in [0.25, 0.3) is 0 Å². The number of hydrogen-bond donors (Lipinski definition) is 2. The van der Waals surface area contributed by atoms with E-state index in [2.05, 4.69) is 99.5 Å². The van der Waals surface area contributed by atoms with E-state index in [9.17, 15) is 0 Å². The lowest BCUT2D eigenvalue weighted by Crippen LogP contribution is -2.21. The maximum atomic E-state index is 4.77. The Morgan fingerprint density at radius 1 is 1.08 bits per heavy atom. The number of aryl methyl sites for hydroxylation is 2. The maximum Gasteiger partial charge on any atom is 0.138 e. The second-order valence-corrected chi connectivity index (χ2v) is 10.1. The Kier molecular flexibility index (Phi) is 10.8. The van der Waals surface area contributed by atoms with Gasteiger partial charge in [-0.2, -0.15) is 0 Å². The maximum absolute atomic E-state index is 4.77. The molecule has 0 unspecified atom stereocenters. The summed E-state index contributed by atoms with van der Waals surface area (Å²) in [7, 11) is 4.26. The van der Waals surface area contributed by atoms with E-state index in [1.54, 1.807) is 0 Å². The topological polar surface area (TPSA) is 44.0 Å². The molecule has 2 N–H and O–H groups in total. The molecule has 2 heterocycles. The standard InChI is InChI=1S/C32H46N4/c1-7-10-11-12-16-25-17-13-18-26(22-25)27(9-3)30-28-21-24(4)23-34-32(28)35-31(30)29(15-8-2)33-19-14-20-36(5)6/h9,13,15,17-18,21-23,33H,7-8,10-12,14,16,19-20H2,1-6H3,(H,34,35)/b27-9-,29-15-. The molecule has 36 heavy (non-hydrogen) atoms. The Morgan fingerprint density at radius 2 is 1.92 bits per heavy atom. The summed E-state index contributed by atoms with van der Waals surface area (Å²) in [5.41, 5.74) is 9.62. The van der Waals surface area contributed by atoms with Crippen LogP contribution in [0.5, 0.6) is 0 Å². The lowest BCUT2D eigenvalue weighted by molar-refractivity contribution is 0.399. The zero-order chi connectivity index (χ0) is 25.9. The molecule has 0 saturated heterocycles. The molecule has 0 aliphatic heterocycles. The minimum absolute atomic E-state index is 0.934. The van der Waals surface area contributed by atoms with Gasteiger partial charge in [0, 0.05) is 23.7 Å². The summed E-state index contributed by atoms with van der Waals surface area (Å²) in [6, 6.07) is 11.4. The Bertz CT molecular complexity index is 1170. The number of aromatic nitrogens is 2. The van der Waals surface area contributed by atoms with Crippen LogP contribution in [0.4, 0.5) is 0 Å². The van der Waals surface area contributed by atoms with Crippen molar-refractivity contribution in [2.75, 3.05) is 27.2 Å². The largest absolute Gasteiger partial charge is 0.384 e. The molecule has 1 aromatic carbocycles. The second kappa shape index (κ2) is 14.0. The fraction of sp³-hybridized carbons (Fsp3) is 0.469. The zero-order valence-electron chi connectivity index (χ0n) is 23.4. The fourth-order valence-electron chi connectivity index (χ4n) is 4.85. The normalized spacial score (nSPS) is 12.6. The monoisotopic (exact) mass is 486 g/mol. The summed E-state index contributed by atoms with van der Waals surface area (Å²) in [4.78, 5) is 10.7. The van der Waals surface area contributed by atoms with Crippen LogP contribution in [0.25, 0.3) is 22.3 Å². The number of nitrogens with one attached hydrogen (secondary N) is 2. The first-order valence-electron chi connectivity index (χ1n) is 13.8. The average molecular weight is 487 g/mol. The van der Waals surface area contributed by atoms with Crippen LogP contribution in [-0.2, 0) is 6.42 Å². The predicted molar refractivity (Wildman–Crippen MR) is 157 cm³/mol. The number of benzene rings is 1. The molecule has 0 fully saturated rings. The molecule has 3 rings (SSSR count). The van der Waals surface area contributed by atoms with Crippen LogP contribution in [0.2, 0.25) is 0 Å². The molecule has 2 aromatic heterocycles. The first-order valence-corrected chi connectivity index (χ1v) is 13.8. The number of aromatic amines is 1. The van der Waals surface area contributed by atoms with Crippen LogP contribution in [0, 0.1) is 6.92 Å². The number of hydrogen-bond acceptors (Lipinski definition) is 3. The van der Waals surface area contributed by atoms with E-state index >= 15 is 0 Å². The van der Waals surface area contributed by atoms with Crippen molar-refractivity contribution in [2.45, 2.75) is 72.6 Å². The SMILES string of the molecule is C/C=C(/c1cccc(CCCCCC)c1)c1c(/C(=C/CC)NCCCN(C)C)[nH]c2ncc(C)cc12. The van der Waals surface area contributed by atoms with Gasteiger partial charge in [-0.15, -0.1) is 0 Å². The van der Waals surface area contributed by atoms with Crippen molar-refractivity contribution in [1.82, 2.24) is 20.2 Å². The van der Waals surface area contributed by atoms with Crippen LogP contribution in [0.1, 0.15) is 87.2 Å². The van der Waals surface area contributed by atoms with Crippen LogP contribution in [0.3, 0.4) is 0 Å². The number of rotatable bonds is 14. The molecule has 0 amide bonds. The van der Waals surface area contributed by atoms with Crippen molar-refractivity contribution in [2.24, 2.45) is 0 Å². The molecule has 0 saturated carbocycles. The Morgan fingerprint density at radius 3 is 2.64 bits per heavy atom. The number of H-pyrrole nitrogens is 1. The summed E-state index contributed by atoms with van der Waals surface area (Å²) in [5, 5.41) is 4.92. The number of unbranched alkanes of at least 4 members (excludes halogenated alkanes) is 3. The molecule has 4 heteroatoms. The third kappa shape index (κ3) is 7.33. The van der Waals surface area contributed by atoms with Crippen molar-refractivity contribution >= 4 is 22.3 Å². The Hall–Kier alpha value is -2.85. The fourth-order valence-corrected chi connectivity index (χ4v) is 4.85. The lowest BCUT2D eigenvalue weighted by Gasteiger charge is -2.16. The van der Waals surface area contributed by atoms with Gasteiger partial charge in [-0.25, -0.2) is 4.98 Å². The van der Waals surface area contributed by atoms with E-state index in [1.165, 1.54) is 58.9 Å². The highest BCUT2D eigenvalue weighted by Gasteiger charge is 2.20. The molecular formula is C32H46N4. The second-order valence-electron chi connectivity index (χ2n) is 10.1. The average Bonchev–Trinajstić information content (AvgIpc) is 3.23. The molecule has 0 atom stereocenters. The van der Waals surface area contributed by atoms with Gasteiger partial charge in [0.2, 0.25) is 0 Å². The third-order valence-corrected chi connectivity index (χ3v) is 6.68. The minimum atomic E-state index is 0.934. The summed E-state index contributed by atoms with van der Waals surface area (Å²) in [6.07, 6.45) is 14.9. The zero-order valence-corrected chi connectivity index (χ0v) is 23.4. The van der Waals surface area contributed by atoms with Gasteiger partial charge < -0.3 is 15.2 Å². The van der Waals surface area contributed by atoms with Gasteiger partial charge >= 0.3 is 0 Å². The van der Waals surface area contributed by atoms with E-state index in [0.29, 0.717) is 0 Å². The van der Waals surface area contributed by atoms with E-state index in [-0.39, 0.29) is 0 Å². The van der Waals surface area contributed by atoms with E-state index in [0.717, 1.165) is 49.4 Å². The molecule has 0 aliphatic carbocycles. The molecule has 0 radical (unpaired) electrons. The first kappa shape index (κ1) is 27.7. The molecule has 3 aromatic rings. The molecule has 0 spiro atoms. The number of fused-ring (bicyclic) bond motifs is 1. The van der Waals surface area contributed by atoms with Gasteiger partial charge in [0.05, 0.1) is 11.4 Å².